The normalized spacial score (nSPS) is 13.5. The Morgan fingerprint density at radius 3 is 2.52 bits per heavy atom. The lowest BCUT2D eigenvalue weighted by atomic mass is 10.2. The van der Waals surface area contributed by atoms with E-state index in [9.17, 15) is 14.4 Å². The molecule has 1 aliphatic rings. The number of anilines is 1. The average molecular weight is 347 g/mol. The maximum Gasteiger partial charge on any atom is 0.335 e. The smallest absolute Gasteiger partial charge is 0.335 e. The van der Waals surface area contributed by atoms with E-state index in [4.69, 9.17) is 5.11 Å². The van der Waals surface area contributed by atoms with Crippen molar-refractivity contribution in [3.8, 4) is 0 Å². The van der Waals surface area contributed by atoms with Gasteiger partial charge in [0.1, 0.15) is 0 Å². The molecule has 7 heteroatoms. The number of aromatic carboxylic acids is 1. The fourth-order valence-corrected chi connectivity index (χ4v) is 2.63. The maximum atomic E-state index is 12.3. The molecule has 0 atom stereocenters. The van der Waals surface area contributed by atoms with Gasteiger partial charge in [0, 0.05) is 16.9 Å². The van der Waals surface area contributed by atoms with Crippen LogP contribution >= 0.6 is 15.9 Å². The Labute approximate surface area is 127 Å². The number of benzene rings is 1. The molecule has 0 unspecified atom stereocenters. The van der Waals surface area contributed by atoms with Gasteiger partial charge in [0.2, 0.25) is 0 Å². The van der Waals surface area contributed by atoms with Crippen LogP contribution in [0.5, 0.6) is 0 Å². The summed E-state index contributed by atoms with van der Waals surface area (Å²) in [6.07, 6.45) is 2.75. The number of hydrogen-bond donors (Lipinski definition) is 1. The number of carboxylic acid groups (broad SMARTS) is 1. The highest BCUT2D eigenvalue weighted by Crippen LogP contribution is 2.30. The van der Waals surface area contributed by atoms with Crippen LogP contribution in [0.25, 0.3) is 0 Å². The summed E-state index contributed by atoms with van der Waals surface area (Å²) in [4.78, 5) is 40.5. The lowest BCUT2D eigenvalue weighted by molar-refractivity contribution is 0.0695. The van der Waals surface area contributed by atoms with E-state index in [1.807, 2.05) is 0 Å². The molecule has 2 aromatic rings. The summed E-state index contributed by atoms with van der Waals surface area (Å²) >= 11 is 3.18. The van der Waals surface area contributed by atoms with E-state index in [1.165, 1.54) is 36.7 Å². The predicted molar refractivity (Wildman–Crippen MR) is 76.5 cm³/mol. The molecule has 0 fully saturated rings. The summed E-state index contributed by atoms with van der Waals surface area (Å²) in [5.41, 5.74) is 0.647. The minimum atomic E-state index is -1.14. The summed E-state index contributed by atoms with van der Waals surface area (Å²) in [6.45, 7) is 0. The lowest BCUT2D eigenvalue weighted by Gasteiger charge is -2.14. The molecule has 2 amide bonds. The second kappa shape index (κ2) is 4.78. The molecule has 0 spiro atoms. The van der Waals surface area contributed by atoms with Gasteiger partial charge in [0.15, 0.2) is 0 Å². The van der Waals surface area contributed by atoms with Crippen molar-refractivity contribution in [3.05, 3.63) is 57.8 Å². The molecule has 1 N–H and O–H groups in total. The summed E-state index contributed by atoms with van der Waals surface area (Å²) < 4.78 is 0.465. The number of nitrogens with zero attached hydrogens (tertiary/aromatic N) is 2. The Morgan fingerprint density at radius 1 is 1.14 bits per heavy atom. The van der Waals surface area contributed by atoms with Gasteiger partial charge in [-0.3, -0.25) is 14.6 Å². The van der Waals surface area contributed by atoms with Crippen LogP contribution in [0.15, 0.2) is 41.1 Å². The molecule has 21 heavy (non-hydrogen) atoms. The van der Waals surface area contributed by atoms with Crippen molar-refractivity contribution >= 4 is 39.4 Å². The van der Waals surface area contributed by atoms with Gasteiger partial charge in [0.25, 0.3) is 11.8 Å². The number of imide groups is 1. The van der Waals surface area contributed by atoms with E-state index in [-0.39, 0.29) is 22.4 Å². The minimum Gasteiger partial charge on any atom is -0.478 e. The van der Waals surface area contributed by atoms with Crippen LogP contribution in [-0.2, 0) is 0 Å². The Bertz CT molecular complexity index is 768. The van der Waals surface area contributed by atoms with Gasteiger partial charge in [-0.2, -0.15) is 0 Å². The molecule has 0 bridgehead atoms. The standard InChI is InChI=1S/C14H7BrN2O4/c15-8-3-7(14(20)21)4-9(5-8)17-12(18)10-1-2-16-6-11(10)13(17)19/h1-6H,(H,20,21). The van der Waals surface area contributed by atoms with Crippen molar-refractivity contribution in [2.75, 3.05) is 4.90 Å². The summed E-state index contributed by atoms with van der Waals surface area (Å²) in [5.74, 6) is -2.15. The van der Waals surface area contributed by atoms with Crippen LogP contribution in [-0.4, -0.2) is 27.9 Å². The predicted octanol–water partition coefficient (Wildman–Crippen LogP) is 2.34. The van der Waals surface area contributed by atoms with Gasteiger partial charge in [-0.15, -0.1) is 0 Å². The number of fused-ring (bicyclic) bond motifs is 1. The Morgan fingerprint density at radius 2 is 1.86 bits per heavy atom. The lowest BCUT2D eigenvalue weighted by Crippen LogP contribution is -2.29. The highest BCUT2D eigenvalue weighted by atomic mass is 79.9. The minimum absolute atomic E-state index is 0.0194. The first-order valence-electron chi connectivity index (χ1n) is 5.85. The highest BCUT2D eigenvalue weighted by Gasteiger charge is 2.37. The number of aromatic nitrogens is 1. The van der Waals surface area contributed by atoms with Gasteiger partial charge < -0.3 is 5.11 Å². The molecule has 6 nitrogen and oxygen atoms in total. The van der Waals surface area contributed by atoms with Gasteiger partial charge in [0.05, 0.1) is 22.4 Å². The van der Waals surface area contributed by atoms with Crippen LogP contribution in [0, 0.1) is 0 Å². The van der Waals surface area contributed by atoms with Gasteiger partial charge >= 0.3 is 5.97 Å². The first-order valence-corrected chi connectivity index (χ1v) is 6.65. The second-order valence-electron chi connectivity index (χ2n) is 4.37. The van der Waals surface area contributed by atoms with Crippen LogP contribution in [0.4, 0.5) is 5.69 Å². The summed E-state index contributed by atoms with van der Waals surface area (Å²) in [7, 11) is 0. The Kier molecular flexibility index (Phi) is 3.06. The molecule has 0 aliphatic carbocycles. The Hall–Kier alpha value is -2.54. The van der Waals surface area contributed by atoms with Crippen LogP contribution in [0.1, 0.15) is 31.1 Å². The number of carbonyl (C=O) groups is 3. The van der Waals surface area contributed by atoms with E-state index in [1.54, 1.807) is 0 Å². The summed E-state index contributed by atoms with van der Waals surface area (Å²) in [6, 6.07) is 5.65. The van der Waals surface area contributed by atoms with Crippen molar-refractivity contribution in [2.24, 2.45) is 0 Å². The first kappa shape index (κ1) is 13.4. The van der Waals surface area contributed by atoms with E-state index >= 15 is 0 Å². The fourth-order valence-electron chi connectivity index (χ4n) is 2.15. The third kappa shape index (κ3) is 2.11. The second-order valence-corrected chi connectivity index (χ2v) is 5.29. The summed E-state index contributed by atoms with van der Waals surface area (Å²) in [5, 5.41) is 9.06. The number of rotatable bonds is 2. The third-order valence-electron chi connectivity index (χ3n) is 3.08. The van der Waals surface area contributed by atoms with Crippen LogP contribution < -0.4 is 4.90 Å². The molecule has 1 aliphatic heterocycles. The van der Waals surface area contributed by atoms with Crippen molar-refractivity contribution in [1.29, 1.82) is 0 Å². The van der Waals surface area contributed by atoms with Crippen molar-refractivity contribution in [1.82, 2.24) is 4.98 Å². The van der Waals surface area contributed by atoms with Crippen LogP contribution in [0.3, 0.4) is 0 Å². The number of hydrogen-bond acceptors (Lipinski definition) is 4. The average Bonchev–Trinajstić information content (AvgIpc) is 2.71. The molecule has 104 valence electrons. The molecule has 0 saturated carbocycles. The van der Waals surface area contributed by atoms with Crippen molar-refractivity contribution in [2.45, 2.75) is 0 Å². The largest absolute Gasteiger partial charge is 0.478 e. The van der Waals surface area contributed by atoms with E-state index in [2.05, 4.69) is 20.9 Å². The van der Waals surface area contributed by atoms with Crippen molar-refractivity contribution in [3.63, 3.8) is 0 Å². The number of pyridine rings is 1. The highest BCUT2D eigenvalue weighted by molar-refractivity contribution is 9.10. The third-order valence-corrected chi connectivity index (χ3v) is 3.53. The zero-order valence-corrected chi connectivity index (χ0v) is 12.0. The SMILES string of the molecule is O=C(O)c1cc(Br)cc(N2C(=O)c3ccncc3C2=O)c1. The monoisotopic (exact) mass is 346 g/mol. The number of carboxylic acids is 1. The van der Waals surface area contributed by atoms with Gasteiger partial charge in [-0.25, -0.2) is 9.69 Å². The number of halogens is 1. The fraction of sp³-hybridized carbons (Fsp3) is 0. The maximum absolute atomic E-state index is 12.3. The molecule has 2 heterocycles. The van der Waals surface area contributed by atoms with Crippen molar-refractivity contribution < 1.29 is 19.5 Å². The van der Waals surface area contributed by atoms with Gasteiger partial charge in [-0.05, 0) is 24.3 Å². The zero-order valence-electron chi connectivity index (χ0n) is 10.4. The van der Waals surface area contributed by atoms with E-state index in [0.29, 0.717) is 4.47 Å². The van der Waals surface area contributed by atoms with E-state index in [0.717, 1.165) is 4.90 Å². The molecule has 1 aromatic heterocycles. The molecule has 0 saturated heterocycles. The first-order chi connectivity index (χ1) is 9.99. The van der Waals surface area contributed by atoms with Gasteiger partial charge in [-0.1, -0.05) is 15.9 Å². The Balaban J connectivity index is 2.13. The molecular formula is C14H7BrN2O4. The quantitative estimate of drug-likeness (QED) is 0.843. The topological polar surface area (TPSA) is 87.6 Å². The molecule has 0 radical (unpaired) electrons. The van der Waals surface area contributed by atoms with Crippen LogP contribution in [0.2, 0.25) is 0 Å². The molecular weight excluding hydrogens is 340 g/mol. The zero-order chi connectivity index (χ0) is 15.1. The van der Waals surface area contributed by atoms with E-state index < -0.39 is 17.8 Å². The molecule has 1 aromatic carbocycles. The number of carbonyl (C=O) groups excluding carboxylic acids is 2. The number of amides is 2. The molecule has 3 rings (SSSR count).